The van der Waals surface area contributed by atoms with Crippen LogP contribution in [0.25, 0.3) is 0 Å². The van der Waals surface area contributed by atoms with Gasteiger partial charge in [0.1, 0.15) is 41.9 Å². The summed E-state index contributed by atoms with van der Waals surface area (Å²) in [5.74, 6) is 0.539. The molecule has 0 bridgehead atoms. The van der Waals surface area contributed by atoms with Gasteiger partial charge in [-0.3, -0.25) is 19.3 Å². The van der Waals surface area contributed by atoms with Gasteiger partial charge in [0.25, 0.3) is 0 Å². The fourth-order valence-electron chi connectivity index (χ4n) is 9.83. The minimum Gasteiger partial charge on any atom is -0.491 e. The van der Waals surface area contributed by atoms with E-state index in [-0.39, 0.29) is 24.5 Å². The van der Waals surface area contributed by atoms with Gasteiger partial charge in [-0.1, -0.05) is 105 Å². The Morgan fingerprint density at radius 1 is 0.889 bits per heavy atom. The zero-order valence-corrected chi connectivity index (χ0v) is 35.2. The van der Waals surface area contributed by atoms with Crippen LogP contribution in [0.5, 0.6) is 5.75 Å². The second kappa shape index (κ2) is 17.9. The van der Waals surface area contributed by atoms with Crippen molar-refractivity contribution >= 4 is 35.5 Å². The Bertz CT molecular complexity index is 2510. The van der Waals surface area contributed by atoms with Crippen molar-refractivity contribution in [3.8, 4) is 17.6 Å². The number of fused-ring (bicyclic) bond motifs is 3. The van der Waals surface area contributed by atoms with Gasteiger partial charge in [0, 0.05) is 5.56 Å². The number of rotatable bonds is 10. The number of amides is 3. The van der Waals surface area contributed by atoms with Crippen LogP contribution in [0.15, 0.2) is 115 Å². The SMILES string of the molecule is COC(=O)C(NC(=O)N1C(=O)C2(c3cc(C#CC4=CCCCC4)ccc31)C(C(=O)O)C1C(=O)OC(c3ccccc3)C(c3ccccc3)N1C2c1cccc(OCCO)c1)C(C)C. The molecular weight excluding hydrogens is 803 g/mol. The molecule has 3 heterocycles. The third kappa shape index (κ3) is 7.63. The number of aliphatic hydroxyl groups excluding tert-OH is 1. The first kappa shape index (κ1) is 42.9. The van der Waals surface area contributed by atoms with E-state index in [0.717, 1.165) is 36.2 Å². The van der Waals surface area contributed by atoms with Crippen molar-refractivity contribution < 1.29 is 48.4 Å². The Morgan fingerprint density at radius 2 is 1.60 bits per heavy atom. The van der Waals surface area contributed by atoms with Crippen LogP contribution in [0.4, 0.5) is 10.5 Å². The summed E-state index contributed by atoms with van der Waals surface area (Å²) in [7, 11) is 1.20. The number of urea groups is 1. The maximum absolute atomic E-state index is 16.1. The minimum atomic E-state index is -2.21. The van der Waals surface area contributed by atoms with Crippen LogP contribution >= 0.6 is 0 Å². The number of methoxy groups -OCH3 is 1. The highest BCUT2D eigenvalue weighted by Gasteiger charge is 2.76. The number of benzene rings is 4. The third-order valence-corrected chi connectivity index (χ3v) is 12.5. The molecule has 0 saturated carbocycles. The van der Waals surface area contributed by atoms with E-state index in [1.54, 1.807) is 61.2 Å². The number of anilines is 1. The van der Waals surface area contributed by atoms with Gasteiger partial charge in [0.2, 0.25) is 5.91 Å². The molecule has 0 radical (unpaired) electrons. The predicted molar refractivity (Wildman–Crippen MR) is 231 cm³/mol. The molecular formula is C50H49N3O10. The van der Waals surface area contributed by atoms with Gasteiger partial charge in [0.05, 0.1) is 31.5 Å². The van der Waals surface area contributed by atoms with Crippen molar-refractivity contribution in [1.29, 1.82) is 0 Å². The maximum atomic E-state index is 16.1. The molecule has 1 spiro atoms. The number of imide groups is 1. The van der Waals surface area contributed by atoms with Crippen LogP contribution in [-0.4, -0.2) is 77.4 Å². The minimum absolute atomic E-state index is 0.0518. The number of aliphatic carboxylic acids is 1. The summed E-state index contributed by atoms with van der Waals surface area (Å²) in [5, 5.41) is 24.0. The first-order valence-electron chi connectivity index (χ1n) is 21.2. The van der Waals surface area contributed by atoms with Crippen molar-refractivity contribution in [2.45, 2.75) is 75.2 Å². The highest BCUT2D eigenvalue weighted by molar-refractivity contribution is 6.24. The topological polar surface area (TPSA) is 172 Å². The molecule has 4 aliphatic rings. The summed E-state index contributed by atoms with van der Waals surface area (Å²) in [6, 6.07) is 24.2. The van der Waals surface area contributed by atoms with Gasteiger partial charge in [-0.05, 0) is 89.8 Å². The van der Waals surface area contributed by atoms with Gasteiger partial charge >= 0.3 is 23.9 Å². The Balaban J connectivity index is 1.43. The highest BCUT2D eigenvalue weighted by atomic mass is 16.6. The standard InChI is InChI=1S/C50H49N3O10/c1-30(2)40(46(57)61-3)51-49(60)52-38-25-24-32(23-22-31-14-7-4-8-15-31)28-37(38)50(48(52)59)39(45(55)56)42-47(58)63-43(34-18-11-6-12-19-34)41(33-16-9-5-10-17-33)53(42)44(50)35-20-13-21-36(29-35)62-27-26-54/h5-6,9-14,16-21,24-25,28-30,39-44,54H,4,7-8,15,26-27H2,1-3H3,(H,51,60)(H,55,56). The number of hydrogen-bond donors (Lipinski definition) is 3. The molecule has 3 amide bonds. The predicted octanol–water partition coefficient (Wildman–Crippen LogP) is 6.57. The smallest absolute Gasteiger partial charge is 0.329 e. The summed E-state index contributed by atoms with van der Waals surface area (Å²) in [6.07, 6.45) is 4.91. The largest absolute Gasteiger partial charge is 0.491 e. The van der Waals surface area contributed by atoms with E-state index < -0.39 is 77.4 Å². The molecule has 7 unspecified atom stereocenters. The maximum Gasteiger partial charge on any atom is 0.329 e. The molecule has 8 rings (SSSR count). The monoisotopic (exact) mass is 851 g/mol. The number of aliphatic hydroxyl groups is 1. The molecule has 3 aliphatic heterocycles. The summed E-state index contributed by atoms with van der Waals surface area (Å²) in [6.45, 7) is 3.09. The number of nitrogens with one attached hydrogen (secondary N) is 1. The molecule has 63 heavy (non-hydrogen) atoms. The number of cyclic esters (lactones) is 1. The molecule has 13 nitrogen and oxygen atoms in total. The van der Waals surface area contributed by atoms with Crippen LogP contribution < -0.4 is 15.0 Å². The third-order valence-electron chi connectivity index (χ3n) is 12.5. The quantitative estimate of drug-likeness (QED) is 0.117. The van der Waals surface area contributed by atoms with Crippen molar-refractivity contribution in [2.24, 2.45) is 11.8 Å². The Hall–Kier alpha value is -6.75. The van der Waals surface area contributed by atoms with E-state index in [4.69, 9.17) is 14.2 Å². The second-order valence-electron chi connectivity index (χ2n) is 16.5. The molecule has 2 fully saturated rings. The van der Waals surface area contributed by atoms with Gasteiger partial charge in [0.15, 0.2) is 0 Å². The van der Waals surface area contributed by atoms with Crippen LogP contribution in [0.3, 0.4) is 0 Å². The van der Waals surface area contributed by atoms with Gasteiger partial charge in [-0.25, -0.2) is 14.5 Å². The highest BCUT2D eigenvalue weighted by Crippen LogP contribution is 2.66. The van der Waals surface area contributed by atoms with E-state index in [9.17, 15) is 29.4 Å². The van der Waals surface area contributed by atoms with Crippen molar-refractivity contribution in [2.75, 3.05) is 25.2 Å². The van der Waals surface area contributed by atoms with E-state index >= 15 is 4.79 Å². The summed E-state index contributed by atoms with van der Waals surface area (Å²) in [5.41, 5.74) is 1.17. The lowest BCUT2D eigenvalue weighted by atomic mass is 9.65. The first-order valence-corrected chi connectivity index (χ1v) is 21.2. The molecule has 7 atom stereocenters. The number of esters is 2. The molecule has 4 aromatic rings. The zero-order chi connectivity index (χ0) is 44.4. The number of morpholine rings is 1. The van der Waals surface area contributed by atoms with Crippen LogP contribution in [0.1, 0.15) is 85.5 Å². The second-order valence-corrected chi connectivity index (χ2v) is 16.5. The number of carboxylic acid groups (broad SMARTS) is 1. The average molecular weight is 852 g/mol. The zero-order valence-electron chi connectivity index (χ0n) is 35.2. The van der Waals surface area contributed by atoms with E-state index in [1.165, 1.54) is 7.11 Å². The summed E-state index contributed by atoms with van der Waals surface area (Å²) < 4.78 is 17.3. The first-order chi connectivity index (χ1) is 30.5. The van der Waals surface area contributed by atoms with Crippen LogP contribution in [0.2, 0.25) is 0 Å². The fraction of sp³-hybridized carbons (Fsp3) is 0.340. The van der Waals surface area contributed by atoms with E-state index in [0.29, 0.717) is 28.0 Å². The molecule has 3 N–H and O–H groups in total. The summed E-state index contributed by atoms with van der Waals surface area (Å²) >= 11 is 0. The van der Waals surface area contributed by atoms with Crippen molar-refractivity contribution in [1.82, 2.24) is 10.2 Å². The molecule has 1 aliphatic carbocycles. The van der Waals surface area contributed by atoms with Gasteiger partial charge in [-0.15, -0.1) is 0 Å². The van der Waals surface area contributed by atoms with Gasteiger partial charge < -0.3 is 29.7 Å². The Kier molecular flexibility index (Phi) is 12.2. The lowest BCUT2D eigenvalue weighted by molar-refractivity contribution is -0.179. The van der Waals surface area contributed by atoms with E-state index in [1.807, 2.05) is 60.7 Å². The number of carbonyl (C=O) groups excluding carboxylic acids is 4. The average Bonchev–Trinajstić information content (AvgIpc) is 3.76. The molecule has 4 aromatic carbocycles. The normalized spacial score (nSPS) is 24.4. The fourth-order valence-corrected chi connectivity index (χ4v) is 9.83. The number of carboxylic acids is 1. The number of hydrogen-bond acceptors (Lipinski definition) is 10. The van der Waals surface area contributed by atoms with Crippen molar-refractivity contribution in [3.63, 3.8) is 0 Å². The van der Waals surface area contributed by atoms with E-state index in [2.05, 4.69) is 23.2 Å². The lowest BCUT2D eigenvalue weighted by Crippen LogP contribution is -2.56. The number of ether oxygens (including phenoxy) is 3. The molecule has 324 valence electrons. The Morgan fingerprint density at radius 3 is 2.25 bits per heavy atom. The molecule has 13 heteroatoms. The molecule has 0 aromatic heterocycles. The number of allylic oxidation sites excluding steroid dienone is 2. The Labute approximate surface area is 365 Å². The van der Waals surface area contributed by atoms with Gasteiger partial charge in [-0.2, -0.15) is 0 Å². The van der Waals surface area contributed by atoms with Crippen LogP contribution in [-0.2, 0) is 34.1 Å². The summed E-state index contributed by atoms with van der Waals surface area (Å²) in [4.78, 5) is 75.8. The number of carbonyl (C=O) groups is 5. The molecule has 2 saturated heterocycles. The lowest BCUT2D eigenvalue weighted by Gasteiger charge is -2.46. The van der Waals surface area contributed by atoms with Crippen molar-refractivity contribution in [3.05, 3.63) is 143 Å². The van der Waals surface area contributed by atoms with Crippen LogP contribution in [0, 0.1) is 23.7 Å². The number of nitrogens with zero attached hydrogens (tertiary/aromatic N) is 2.